The number of hydrogen-bond donors (Lipinski definition) is 3. The maximum absolute atomic E-state index is 12.9. The molecule has 0 bridgehead atoms. The summed E-state index contributed by atoms with van der Waals surface area (Å²) in [6.07, 6.45) is 0.908. The molecule has 2 aromatic carbocycles. The van der Waals surface area contributed by atoms with Crippen molar-refractivity contribution in [1.82, 2.24) is 10.6 Å². The number of thioether (sulfide) groups is 1. The normalized spacial score (nSPS) is 11.6. The van der Waals surface area contributed by atoms with E-state index in [1.807, 2.05) is 31.2 Å². The first kappa shape index (κ1) is 20.8. The maximum atomic E-state index is 12.9. The molecule has 1 atom stereocenters. The van der Waals surface area contributed by atoms with Crippen LogP contribution >= 0.6 is 11.8 Å². The molecule has 4 N–H and O–H groups in total. The molecule has 27 heavy (non-hydrogen) atoms. The summed E-state index contributed by atoms with van der Waals surface area (Å²) in [4.78, 5) is 24.5. The van der Waals surface area contributed by atoms with Crippen molar-refractivity contribution < 1.29 is 14.0 Å². The van der Waals surface area contributed by atoms with Gasteiger partial charge in [0.25, 0.3) is 0 Å². The van der Waals surface area contributed by atoms with Crippen molar-refractivity contribution in [1.29, 1.82) is 0 Å². The monoisotopic (exact) mass is 389 g/mol. The summed E-state index contributed by atoms with van der Waals surface area (Å²) < 4.78 is 12.9. The van der Waals surface area contributed by atoms with Crippen molar-refractivity contribution in [2.45, 2.75) is 30.7 Å². The minimum Gasteiger partial charge on any atom is -0.356 e. The third-order valence-corrected chi connectivity index (χ3v) is 5.09. The van der Waals surface area contributed by atoms with Crippen molar-refractivity contribution in [3.05, 3.63) is 65.5 Å². The van der Waals surface area contributed by atoms with Crippen molar-refractivity contribution in [2.75, 3.05) is 12.3 Å². The molecule has 2 aromatic rings. The van der Waals surface area contributed by atoms with E-state index in [2.05, 4.69) is 10.6 Å². The second-order valence-corrected chi connectivity index (χ2v) is 7.30. The highest BCUT2D eigenvalue weighted by Crippen LogP contribution is 2.21. The Morgan fingerprint density at radius 2 is 1.85 bits per heavy atom. The van der Waals surface area contributed by atoms with Gasteiger partial charge < -0.3 is 16.4 Å². The molecule has 3 amide bonds. The summed E-state index contributed by atoms with van der Waals surface area (Å²) in [7, 11) is 0. The lowest BCUT2D eigenvalue weighted by molar-refractivity contribution is -0.121. The number of primary amides is 1. The van der Waals surface area contributed by atoms with Gasteiger partial charge in [-0.25, -0.2) is 9.18 Å². The molecule has 0 aromatic heterocycles. The van der Waals surface area contributed by atoms with Gasteiger partial charge in [0.15, 0.2) is 0 Å². The molecular weight excluding hydrogens is 365 g/mol. The average Bonchev–Trinajstić information content (AvgIpc) is 2.62. The number of carbonyl (C=O) groups excluding carboxylic acids is 2. The minimum atomic E-state index is -0.660. The number of urea groups is 1. The Balaban J connectivity index is 1.77. The lowest BCUT2D eigenvalue weighted by atomic mass is 9.98. The van der Waals surface area contributed by atoms with Crippen LogP contribution in [0.25, 0.3) is 0 Å². The largest absolute Gasteiger partial charge is 0.356 e. The van der Waals surface area contributed by atoms with Crippen LogP contribution in [-0.2, 0) is 4.79 Å². The lowest BCUT2D eigenvalue weighted by Gasteiger charge is -2.19. The summed E-state index contributed by atoms with van der Waals surface area (Å²) in [6, 6.07) is 12.8. The molecule has 2 rings (SSSR count). The van der Waals surface area contributed by atoms with Gasteiger partial charge in [-0.2, -0.15) is 0 Å². The number of benzene rings is 2. The van der Waals surface area contributed by atoms with Crippen LogP contribution in [0.15, 0.2) is 53.4 Å². The highest BCUT2D eigenvalue weighted by molar-refractivity contribution is 7.99. The summed E-state index contributed by atoms with van der Waals surface area (Å²) in [5, 5.41) is 5.51. The molecule has 0 saturated carbocycles. The van der Waals surface area contributed by atoms with E-state index in [1.165, 1.54) is 12.1 Å². The second-order valence-electron chi connectivity index (χ2n) is 6.13. The molecule has 0 heterocycles. The zero-order chi connectivity index (χ0) is 19.6. The van der Waals surface area contributed by atoms with E-state index in [4.69, 9.17) is 5.73 Å². The molecule has 0 saturated heterocycles. The van der Waals surface area contributed by atoms with Crippen molar-refractivity contribution in [3.63, 3.8) is 0 Å². The van der Waals surface area contributed by atoms with E-state index in [0.717, 1.165) is 28.2 Å². The number of nitrogens with one attached hydrogen (secondary N) is 2. The van der Waals surface area contributed by atoms with Gasteiger partial charge in [0.2, 0.25) is 5.91 Å². The number of halogens is 1. The Bertz CT molecular complexity index is 768. The van der Waals surface area contributed by atoms with Crippen molar-refractivity contribution >= 4 is 23.7 Å². The van der Waals surface area contributed by atoms with E-state index in [0.29, 0.717) is 6.54 Å². The highest BCUT2D eigenvalue weighted by Gasteiger charge is 2.18. The third-order valence-electron chi connectivity index (χ3n) is 4.00. The smallest absolute Gasteiger partial charge is 0.312 e. The van der Waals surface area contributed by atoms with Crippen LogP contribution in [-0.4, -0.2) is 24.2 Å². The molecule has 0 radical (unpaired) electrons. The number of hydrogen-bond acceptors (Lipinski definition) is 3. The predicted molar refractivity (Wildman–Crippen MR) is 106 cm³/mol. The molecule has 7 heteroatoms. The summed E-state index contributed by atoms with van der Waals surface area (Å²) in [5.41, 5.74) is 7.11. The van der Waals surface area contributed by atoms with Crippen LogP contribution in [0.1, 0.15) is 30.0 Å². The number of amides is 3. The summed E-state index contributed by atoms with van der Waals surface area (Å²) in [6.45, 7) is 2.46. The Labute approximate surface area is 162 Å². The number of carbonyl (C=O) groups is 2. The topological polar surface area (TPSA) is 84.2 Å². The lowest BCUT2D eigenvalue weighted by Crippen LogP contribution is -2.37. The number of rotatable bonds is 9. The molecule has 144 valence electrons. The fourth-order valence-electron chi connectivity index (χ4n) is 2.67. The Morgan fingerprint density at radius 3 is 2.52 bits per heavy atom. The van der Waals surface area contributed by atoms with Gasteiger partial charge in [-0.3, -0.25) is 4.79 Å². The minimum absolute atomic E-state index is 0.124. The zero-order valence-electron chi connectivity index (χ0n) is 15.2. The highest BCUT2D eigenvalue weighted by atomic mass is 32.2. The first-order valence-corrected chi connectivity index (χ1v) is 9.71. The second kappa shape index (κ2) is 10.6. The summed E-state index contributed by atoms with van der Waals surface area (Å²) in [5.74, 6) is 0.412. The van der Waals surface area contributed by atoms with Gasteiger partial charge in [0.1, 0.15) is 5.82 Å². The van der Waals surface area contributed by atoms with Crippen LogP contribution in [0.2, 0.25) is 0 Å². The van der Waals surface area contributed by atoms with Gasteiger partial charge >= 0.3 is 6.03 Å². The molecule has 0 spiro atoms. The first-order valence-electron chi connectivity index (χ1n) is 8.72. The van der Waals surface area contributed by atoms with Gasteiger partial charge in [0, 0.05) is 11.4 Å². The van der Waals surface area contributed by atoms with Crippen LogP contribution in [0.5, 0.6) is 0 Å². The average molecular weight is 389 g/mol. The maximum Gasteiger partial charge on any atom is 0.312 e. The molecule has 0 aliphatic carbocycles. The van der Waals surface area contributed by atoms with Gasteiger partial charge in [-0.1, -0.05) is 24.3 Å². The Hall–Kier alpha value is -2.54. The fourth-order valence-corrected chi connectivity index (χ4v) is 3.52. The Morgan fingerprint density at radius 1 is 1.15 bits per heavy atom. The van der Waals surface area contributed by atoms with E-state index in [9.17, 15) is 14.0 Å². The first-order chi connectivity index (χ1) is 13.0. The molecule has 0 aliphatic rings. The molecular formula is C20H24FN3O2S. The molecule has 5 nitrogen and oxygen atoms in total. The van der Waals surface area contributed by atoms with E-state index < -0.39 is 12.1 Å². The third kappa shape index (κ3) is 7.30. The van der Waals surface area contributed by atoms with Gasteiger partial charge in [0.05, 0.1) is 12.5 Å². The number of aryl methyl sites for hydroxylation is 1. The summed E-state index contributed by atoms with van der Waals surface area (Å²) >= 11 is 1.61. The van der Waals surface area contributed by atoms with Crippen molar-refractivity contribution in [3.8, 4) is 0 Å². The standard InChI is InChI=1S/C20H24FN3O2S/c1-14-5-2-3-6-17(14)18(24-20(22)26)13-19(25)23-11-4-12-27-16-9-7-15(21)8-10-16/h2-3,5-10,18H,4,11-13H2,1H3,(H,23,25)(H3,22,24,26). The quantitative estimate of drug-likeness (QED) is 0.453. The van der Waals surface area contributed by atoms with Gasteiger partial charge in [-0.05, 0) is 54.5 Å². The number of nitrogens with two attached hydrogens (primary N) is 1. The van der Waals surface area contributed by atoms with E-state index in [1.54, 1.807) is 23.9 Å². The van der Waals surface area contributed by atoms with Crippen LogP contribution < -0.4 is 16.4 Å². The van der Waals surface area contributed by atoms with E-state index >= 15 is 0 Å². The van der Waals surface area contributed by atoms with Crippen LogP contribution in [0, 0.1) is 12.7 Å². The Kier molecular flexibility index (Phi) is 8.13. The van der Waals surface area contributed by atoms with Gasteiger partial charge in [-0.15, -0.1) is 11.8 Å². The predicted octanol–water partition coefficient (Wildman–Crippen LogP) is 3.53. The molecule has 0 aliphatic heterocycles. The van der Waals surface area contributed by atoms with E-state index in [-0.39, 0.29) is 18.1 Å². The SMILES string of the molecule is Cc1ccccc1C(CC(=O)NCCCSc1ccc(F)cc1)NC(N)=O. The zero-order valence-corrected chi connectivity index (χ0v) is 16.0. The molecule has 1 unspecified atom stereocenters. The molecule has 0 fully saturated rings. The van der Waals surface area contributed by atoms with Crippen LogP contribution in [0.3, 0.4) is 0 Å². The fraction of sp³-hybridized carbons (Fsp3) is 0.300. The van der Waals surface area contributed by atoms with Crippen molar-refractivity contribution in [2.24, 2.45) is 5.73 Å². The van der Waals surface area contributed by atoms with Crippen LogP contribution in [0.4, 0.5) is 9.18 Å².